The highest BCUT2D eigenvalue weighted by atomic mass is 19.1. The van der Waals surface area contributed by atoms with E-state index in [1.54, 1.807) is 17.2 Å². The molecular formula is C19H24FN3O3. The molecular weight excluding hydrogens is 337 g/mol. The van der Waals surface area contributed by atoms with Crippen LogP contribution in [0.25, 0.3) is 0 Å². The molecule has 0 unspecified atom stereocenters. The number of rotatable bonds is 3. The first-order valence-corrected chi connectivity index (χ1v) is 9.26. The predicted molar refractivity (Wildman–Crippen MR) is 93.2 cm³/mol. The van der Waals surface area contributed by atoms with E-state index in [9.17, 15) is 14.0 Å². The van der Waals surface area contributed by atoms with E-state index in [4.69, 9.17) is 4.74 Å². The Bertz CT molecular complexity index is 722. The van der Waals surface area contributed by atoms with Crippen LogP contribution in [-0.4, -0.2) is 53.7 Å². The van der Waals surface area contributed by atoms with Gasteiger partial charge in [-0.25, -0.2) is 4.39 Å². The molecule has 1 N–H and O–H groups in total. The minimum absolute atomic E-state index is 0.00774. The summed E-state index contributed by atoms with van der Waals surface area (Å²) in [6.07, 6.45) is 3.08. The zero-order chi connectivity index (χ0) is 18.3. The van der Waals surface area contributed by atoms with E-state index in [-0.39, 0.29) is 23.7 Å². The van der Waals surface area contributed by atoms with Gasteiger partial charge in [0, 0.05) is 25.2 Å². The molecule has 2 saturated heterocycles. The molecule has 0 radical (unpaired) electrons. The Kier molecular flexibility index (Phi) is 4.42. The van der Waals surface area contributed by atoms with Gasteiger partial charge >= 0.3 is 0 Å². The van der Waals surface area contributed by atoms with Crippen LogP contribution in [0, 0.1) is 24.7 Å². The summed E-state index contributed by atoms with van der Waals surface area (Å²) in [6, 6.07) is 3.59. The summed E-state index contributed by atoms with van der Waals surface area (Å²) in [5.74, 6) is -0.775. The number of ether oxygens (including phenoxy) is 1. The Morgan fingerprint density at radius 1 is 1.35 bits per heavy atom. The van der Waals surface area contributed by atoms with Crippen molar-refractivity contribution >= 4 is 17.5 Å². The molecule has 0 aromatic carbocycles. The molecule has 1 aromatic rings. The van der Waals surface area contributed by atoms with E-state index in [0.29, 0.717) is 44.8 Å². The number of halogens is 1. The molecule has 3 fully saturated rings. The lowest BCUT2D eigenvalue weighted by Crippen LogP contribution is -2.49. The molecule has 3 atom stereocenters. The quantitative estimate of drug-likeness (QED) is 0.893. The molecule has 0 spiro atoms. The minimum atomic E-state index is -1.68. The van der Waals surface area contributed by atoms with Crippen LogP contribution >= 0.6 is 0 Å². The Hall–Kier alpha value is -2.02. The minimum Gasteiger partial charge on any atom is -0.380 e. The monoisotopic (exact) mass is 361 g/mol. The van der Waals surface area contributed by atoms with Gasteiger partial charge in [-0.2, -0.15) is 0 Å². The van der Waals surface area contributed by atoms with E-state index >= 15 is 0 Å². The van der Waals surface area contributed by atoms with Crippen LogP contribution in [-0.2, 0) is 14.3 Å². The zero-order valence-electron chi connectivity index (χ0n) is 14.9. The maximum absolute atomic E-state index is 14.5. The number of hydrogen-bond donors (Lipinski definition) is 1. The topological polar surface area (TPSA) is 71.5 Å². The molecule has 1 aromatic heterocycles. The number of aryl methyl sites for hydroxylation is 1. The number of fused-ring (bicyclic) bond motifs is 1. The average Bonchev–Trinajstić information content (AvgIpc) is 3.05. The molecule has 6 nitrogen and oxygen atoms in total. The van der Waals surface area contributed by atoms with E-state index in [0.717, 1.165) is 12.1 Å². The molecule has 1 saturated carbocycles. The van der Waals surface area contributed by atoms with Gasteiger partial charge in [0.1, 0.15) is 0 Å². The van der Waals surface area contributed by atoms with E-state index in [2.05, 4.69) is 10.3 Å². The number of hydrogen-bond acceptors (Lipinski definition) is 4. The molecule has 1 aliphatic carbocycles. The highest BCUT2D eigenvalue weighted by Crippen LogP contribution is 2.41. The van der Waals surface area contributed by atoms with Gasteiger partial charge in [0.05, 0.1) is 30.5 Å². The van der Waals surface area contributed by atoms with Crippen molar-refractivity contribution in [2.45, 2.75) is 31.9 Å². The van der Waals surface area contributed by atoms with Gasteiger partial charge in [-0.3, -0.25) is 14.6 Å². The van der Waals surface area contributed by atoms with Gasteiger partial charge in [-0.05, 0) is 44.2 Å². The summed E-state index contributed by atoms with van der Waals surface area (Å²) in [7, 11) is 0. The van der Waals surface area contributed by atoms with Crippen molar-refractivity contribution in [3.63, 3.8) is 0 Å². The maximum atomic E-state index is 14.5. The number of anilines is 1. The molecule has 2 aliphatic heterocycles. The number of likely N-dealkylation sites (tertiary alicyclic amines) is 1. The van der Waals surface area contributed by atoms with Crippen LogP contribution < -0.4 is 5.32 Å². The lowest BCUT2D eigenvalue weighted by Gasteiger charge is -2.35. The normalized spacial score (nSPS) is 29.6. The maximum Gasteiger partial charge on any atom is 0.260 e. The summed E-state index contributed by atoms with van der Waals surface area (Å²) in [4.78, 5) is 31.1. The van der Waals surface area contributed by atoms with Crippen molar-refractivity contribution in [3.05, 3.63) is 24.0 Å². The summed E-state index contributed by atoms with van der Waals surface area (Å²) < 4.78 is 20.1. The Labute approximate surface area is 152 Å². The van der Waals surface area contributed by atoms with Crippen LogP contribution in [0.5, 0.6) is 0 Å². The smallest absolute Gasteiger partial charge is 0.260 e. The van der Waals surface area contributed by atoms with Gasteiger partial charge in [-0.15, -0.1) is 0 Å². The predicted octanol–water partition coefficient (Wildman–Crippen LogP) is 1.94. The van der Waals surface area contributed by atoms with Gasteiger partial charge in [0.2, 0.25) is 5.91 Å². The van der Waals surface area contributed by atoms with E-state index < -0.39 is 11.6 Å². The largest absolute Gasteiger partial charge is 0.380 e. The van der Waals surface area contributed by atoms with Crippen molar-refractivity contribution < 1.29 is 18.7 Å². The lowest BCUT2D eigenvalue weighted by atomic mass is 9.81. The molecule has 3 heterocycles. The number of carbonyl (C=O) groups excluding carboxylic acids is 2. The third-order valence-electron chi connectivity index (χ3n) is 6.06. The third-order valence-corrected chi connectivity index (χ3v) is 6.06. The Morgan fingerprint density at radius 2 is 2.15 bits per heavy atom. The van der Waals surface area contributed by atoms with Crippen molar-refractivity contribution in [1.82, 2.24) is 9.88 Å². The molecule has 2 amide bonds. The second kappa shape index (κ2) is 6.61. The number of alkyl halides is 1. The van der Waals surface area contributed by atoms with Crippen molar-refractivity contribution in [2.24, 2.45) is 17.8 Å². The number of nitrogens with one attached hydrogen (secondary N) is 1. The van der Waals surface area contributed by atoms with Crippen LogP contribution in [0.1, 0.15) is 25.0 Å². The zero-order valence-corrected chi connectivity index (χ0v) is 14.9. The number of amides is 2. The number of aromatic nitrogens is 1. The fraction of sp³-hybridized carbons (Fsp3) is 0.632. The fourth-order valence-corrected chi connectivity index (χ4v) is 4.26. The average molecular weight is 361 g/mol. The van der Waals surface area contributed by atoms with Crippen molar-refractivity contribution in [1.29, 1.82) is 0 Å². The molecule has 0 bridgehead atoms. The lowest BCUT2D eigenvalue weighted by molar-refractivity contribution is -0.149. The standard InChI is InChI=1S/C19H24FN3O3/c1-12-16(4-2-7-21-12)22-17(24)15-11-26-10-13-8-23(9-14(13)15)18(25)19(20)5-3-6-19/h2,4,7,13-15H,3,5-6,8-11H2,1H3,(H,22,24)/t13-,14-,15-/m1/s1. The molecule has 4 rings (SSSR count). The summed E-state index contributed by atoms with van der Waals surface area (Å²) in [6.45, 7) is 3.59. The van der Waals surface area contributed by atoms with E-state index in [1.807, 2.05) is 13.0 Å². The molecule has 140 valence electrons. The van der Waals surface area contributed by atoms with E-state index in [1.165, 1.54) is 0 Å². The van der Waals surface area contributed by atoms with Gasteiger partial charge < -0.3 is 15.0 Å². The Morgan fingerprint density at radius 3 is 2.85 bits per heavy atom. The van der Waals surface area contributed by atoms with Crippen molar-refractivity contribution in [3.8, 4) is 0 Å². The first-order chi connectivity index (χ1) is 12.5. The van der Waals surface area contributed by atoms with Crippen LogP contribution in [0.4, 0.5) is 10.1 Å². The van der Waals surface area contributed by atoms with Gasteiger partial charge in [0.15, 0.2) is 5.67 Å². The SMILES string of the molecule is Cc1ncccc1NC(=O)[C@@H]1COC[C@H]2CN(C(=O)C3(F)CCC3)C[C@H]21. The highest BCUT2D eigenvalue weighted by Gasteiger charge is 2.52. The van der Waals surface area contributed by atoms with Crippen LogP contribution in [0.15, 0.2) is 18.3 Å². The second-order valence-corrected chi connectivity index (χ2v) is 7.72. The highest BCUT2D eigenvalue weighted by molar-refractivity contribution is 5.93. The second-order valence-electron chi connectivity index (χ2n) is 7.72. The number of nitrogens with zero attached hydrogens (tertiary/aromatic N) is 2. The third kappa shape index (κ3) is 2.98. The Balaban J connectivity index is 1.45. The van der Waals surface area contributed by atoms with Crippen molar-refractivity contribution in [2.75, 3.05) is 31.6 Å². The van der Waals surface area contributed by atoms with Gasteiger partial charge in [0.25, 0.3) is 5.91 Å². The molecule has 7 heteroatoms. The first-order valence-electron chi connectivity index (χ1n) is 9.26. The summed E-state index contributed by atoms with van der Waals surface area (Å²) in [5.41, 5.74) is -0.247. The summed E-state index contributed by atoms with van der Waals surface area (Å²) in [5, 5.41) is 2.93. The van der Waals surface area contributed by atoms with Gasteiger partial charge in [-0.1, -0.05) is 0 Å². The number of pyridine rings is 1. The van der Waals surface area contributed by atoms with Crippen LogP contribution in [0.2, 0.25) is 0 Å². The first kappa shape index (κ1) is 17.4. The fourth-order valence-electron chi connectivity index (χ4n) is 4.26. The van der Waals surface area contributed by atoms with Crippen LogP contribution in [0.3, 0.4) is 0 Å². The number of carbonyl (C=O) groups is 2. The molecule has 26 heavy (non-hydrogen) atoms. The molecule has 3 aliphatic rings. The summed E-state index contributed by atoms with van der Waals surface area (Å²) >= 11 is 0.